The van der Waals surface area contributed by atoms with Crippen molar-refractivity contribution >= 4 is 16.9 Å². The molecule has 150 valence electrons. The Morgan fingerprint density at radius 2 is 2.03 bits per heavy atom. The summed E-state index contributed by atoms with van der Waals surface area (Å²) < 4.78 is 17.6. The first kappa shape index (κ1) is 18.0. The summed E-state index contributed by atoms with van der Waals surface area (Å²) in [5.74, 6) is 0.0105. The van der Waals surface area contributed by atoms with Gasteiger partial charge in [-0.2, -0.15) is 5.10 Å². The van der Waals surface area contributed by atoms with Crippen LogP contribution in [0.3, 0.4) is 0 Å². The summed E-state index contributed by atoms with van der Waals surface area (Å²) in [4.78, 5) is 8.61. The Kier molecular flexibility index (Phi) is 4.24. The van der Waals surface area contributed by atoms with Gasteiger partial charge in [0.25, 0.3) is 0 Å². The van der Waals surface area contributed by atoms with Gasteiger partial charge in [0.2, 0.25) is 0 Å². The number of aromatic amines is 1. The Hall–Kier alpha value is -4.08. The van der Waals surface area contributed by atoms with Crippen molar-refractivity contribution in [2.45, 2.75) is 19.4 Å². The lowest BCUT2D eigenvalue weighted by molar-refractivity contribution is 0.564. The maximum Gasteiger partial charge on any atom is 0.148 e. The van der Waals surface area contributed by atoms with Gasteiger partial charge >= 0.3 is 0 Å². The predicted octanol–water partition coefficient (Wildman–Crippen LogP) is 3.12. The number of para-hydroxylation sites is 1. The van der Waals surface area contributed by atoms with E-state index in [1.165, 1.54) is 17.1 Å². The maximum absolute atomic E-state index is 14.2. The smallest absolute Gasteiger partial charge is 0.148 e. The maximum atomic E-state index is 14.2. The van der Waals surface area contributed by atoms with Crippen LogP contribution in [0.25, 0.3) is 28.0 Å². The molecule has 4 heterocycles. The van der Waals surface area contributed by atoms with E-state index in [-0.39, 0.29) is 11.9 Å². The van der Waals surface area contributed by atoms with Crippen molar-refractivity contribution in [2.24, 2.45) is 0 Å². The Morgan fingerprint density at radius 1 is 1.17 bits per heavy atom. The van der Waals surface area contributed by atoms with Gasteiger partial charge in [-0.05, 0) is 24.6 Å². The van der Waals surface area contributed by atoms with Crippen LogP contribution in [-0.2, 0) is 0 Å². The van der Waals surface area contributed by atoms with Gasteiger partial charge in [-0.15, -0.1) is 5.10 Å². The summed E-state index contributed by atoms with van der Waals surface area (Å²) in [6.45, 7) is 2.04. The fourth-order valence-electron chi connectivity index (χ4n) is 3.68. The van der Waals surface area contributed by atoms with Crippen molar-refractivity contribution in [1.82, 2.24) is 39.7 Å². The Labute approximate surface area is 170 Å². The number of nitrogens with two attached hydrogens (primary N) is 1. The second-order valence-corrected chi connectivity index (χ2v) is 6.83. The Morgan fingerprint density at radius 3 is 2.80 bits per heavy atom. The number of hydrogen-bond donors (Lipinski definition) is 2. The van der Waals surface area contributed by atoms with Crippen LogP contribution < -0.4 is 5.73 Å². The van der Waals surface area contributed by atoms with E-state index in [2.05, 4.69) is 30.5 Å². The second kappa shape index (κ2) is 7.07. The largest absolute Gasteiger partial charge is 0.383 e. The minimum atomic E-state index is -0.366. The van der Waals surface area contributed by atoms with Crippen molar-refractivity contribution in [3.05, 3.63) is 66.8 Å². The van der Waals surface area contributed by atoms with Gasteiger partial charge in [0.15, 0.2) is 0 Å². The molecule has 0 fully saturated rings. The monoisotopic (exact) mass is 403 g/mol. The number of nitrogens with one attached hydrogen (secondary N) is 1. The standard InChI is InChI=1S/C20H18FN9/c1-2-16(15-10-30(28-27-15)17-6-4-3-5-13(17)21)29-9-12(14-7-8-25-26-14)18-19(22)23-11-24-20(18)29/h3-11,16H,2H2,1H3,(H,25,26)(H2,22,23,24)/t16-/m1/s1. The molecule has 0 amide bonds. The summed E-state index contributed by atoms with van der Waals surface area (Å²) in [7, 11) is 0. The Bertz CT molecular complexity index is 1320. The third kappa shape index (κ3) is 2.81. The van der Waals surface area contributed by atoms with E-state index < -0.39 is 0 Å². The lowest BCUT2D eigenvalue weighted by Crippen LogP contribution is -2.10. The molecule has 5 rings (SSSR count). The van der Waals surface area contributed by atoms with Gasteiger partial charge in [-0.25, -0.2) is 19.0 Å². The molecular weight excluding hydrogens is 385 g/mol. The average Bonchev–Trinajstić information content (AvgIpc) is 3.50. The number of rotatable bonds is 5. The normalized spacial score (nSPS) is 12.5. The van der Waals surface area contributed by atoms with Gasteiger partial charge in [0, 0.05) is 18.0 Å². The highest BCUT2D eigenvalue weighted by Gasteiger charge is 2.23. The van der Waals surface area contributed by atoms with E-state index in [4.69, 9.17) is 5.73 Å². The molecule has 10 heteroatoms. The highest BCUT2D eigenvalue weighted by molar-refractivity contribution is 5.99. The zero-order chi connectivity index (χ0) is 20.7. The molecule has 30 heavy (non-hydrogen) atoms. The molecule has 0 spiro atoms. The van der Waals surface area contributed by atoms with Crippen molar-refractivity contribution in [3.8, 4) is 16.9 Å². The summed E-state index contributed by atoms with van der Waals surface area (Å²) in [6.07, 6.45) is 7.57. The van der Waals surface area contributed by atoms with E-state index in [0.29, 0.717) is 29.3 Å². The third-order valence-corrected chi connectivity index (χ3v) is 5.09. The predicted molar refractivity (Wildman–Crippen MR) is 109 cm³/mol. The van der Waals surface area contributed by atoms with E-state index in [1.54, 1.807) is 30.6 Å². The van der Waals surface area contributed by atoms with E-state index in [0.717, 1.165) is 16.6 Å². The van der Waals surface area contributed by atoms with Crippen molar-refractivity contribution < 1.29 is 4.39 Å². The van der Waals surface area contributed by atoms with E-state index >= 15 is 0 Å². The van der Waals surface area contributed by atoms with Gasteiger partial charge in [0.05, 0.1) is 23.3 Å². The number of nitrogens with zero attached hydrogens (tertiary/aromatic N) is 7. The number of halogens is 1. The molecule has 0 saturated carbocycles. The van der Waals surface area contributed by atoms with Crippen LogP contribution in [-0.4, -0.2) is 39.7 Å². The fraction of sp³-hybridized carbons (Fsp3) is 0.150. The van der Waals surface area contributed by atoms with Crippen molar-refractivity contribution in [1.29, 1.82) is 0 Å². The zero-order valence-corrected chi connectivity index (χ0v) is 16.1. The Balaban J connectivity index is 1.65. The SMILES string of the molecule is CC[C@H](c1cn(-c2ccccc2F)nn1)n1cc(-c2cc[nH]n2)c2c(N)ncnc21. The first-order chi connectivity index (χ1) is 14.7. The molecule has 0 bridgehead atoms. The number of hydrogen-bond acceptors (Lipinski definition) is 6. The molecule has 0 aliphatic heterocycles. The van der Waals surface area contributed by atoms with Crippen LogP contribution in [0.1, 0.15) is 25.1 Å². The number of H-pyrrole nitrogens is 1. The number of benzene rings is 1. The third-order valence-electron chi connectivity index (χ3n) is 5.09. The second-order valence-electron chi connectivity index (χ2n) is 6.83. The van der Waals surface area contributed by atoms with Crippen molar-refractivity contribution in [3.63, 3.8) is 0 Å². The van der Waals surface area contributed by atoms with Crippen LogP contribution in [0.4, 0.5) is 10.2 Å². The molecule has 9 nitrogen and oxygen atoms in total. The summed E-state index contributed by atoms with van der Waals surface area (Å²) in [5, 5.41) is 16.3. The molecule has 0 unspecified atom stereocenters. The molecule has 0 aliphatic rings. The summed E-state index contributed by atoms with van der Waals surface area (Å²) in [5.41, 5.74) is 9.44. The van der Waals surface area contributed by atoms with Crippen LogP contribution in [0.5, 0.6) is 0 Å². The zero-order valence-electron chi connectivity index (χ0n) is 16.1. The summed E-state index contributed by atoms with van der Waals surface area (Å²) >= 11 is 0. The topological polar surface area (TPSA) is 116 Å². The minimum Gasteiger partial charge on any atom is -0.383 e. The first-order valence-electron chi connectivity index (χ1n) is 9.45. The molecule has 0 aliphatic carbocycles. The van der Waals surface area contributed by atoms with Crippen molar-refractivity contribution in [2.75, 3.05) is 5.73 Å². The minimum absolute atomic E-state index is 0.185. The quantitative estimate of drug-likeness (QED) is 0.466. The molecule has 1 atom stereocenters. The molecule has 3 N–H and O–H groups in total. The van der Waals surface area contributed by atoms with Gasteiger partial charge < -0.3 is 10.3 Å². The fourth-order valence-corrected chi connectivity index (χ4v) is 3.68. The van der Waals surface area contributed by atoms with Crippen LogP contribution in [0.2, 0.25) is 0 Å². The van der Waals surface area contributed by atoms with E-state index in [9.17, 15) is 4.39 Å². The lowest BCUT2D eigenvalue weighted by Gasteiger charge is -2.15. The highest BCUT2D eigenvalue weighted by atomic mass is 19.1. The highest BCUT2D eigenvalue weighted by Crippen LogP contribution is 2.35. The number of fused-ring (bicyclic) bond motifs is 1. The molecule has 0 saturated heterocycles. The molecule has 4 aromatic heterocycles. The molecule has 5 aromatic rings. The molecule has 0 radical (unpaired) electrons. The number of aromatic nitrogens is 8. The van der Waals surface area contributed by atoms with Gasteiger partial charge in [-0.3, -0.25) is 5.10 Å². The van der Waals surface area contributed by atoms with Gasteiger partial charge in [0.1, 0.15) is 35.0 Å². The summed E-state index contributed by atoms with van der Waals surface area (Å²) in [6, 6.07) is 8.12. The van der Waals surface area contributed by atoms with Gasteiger partial charge in [-0.1, -0.05) is 24.3 Å². The lowest BCUT2D eigenvalue weighted by atomic mass is 10.1. The average molecular weight is 403 g/mol. The molecule has 1 aromatic carbocycles. The van der Waals surface area contributed by atoms with Crippen LogP contribution >= 0.6 is 0 Å². The molecular formula is C20H18FN9. The number of anilines is 1. The van der Waals surface area contributed by atoms with Crippen LogP contribution in [0.15, 0.2) is 55.2 Å². The van der Waals surface area contributed by atoms with E-state index in [1.807, 2.05) is 23.8 Å². The van der Waals surface area contributed by atoms with Crippen LogP contribution in [0, 0.1) is 5.82 Å². The number of nitrogen functional groups attached to an aromatic ring is 1. The first-order valence-corrected chi connectivity index (χ1v) is 9.45.